The largest absolute Gasteiger partial charge is 0.314 e. The van der Waals surface area contributed by atoms with Crippen LogP contribution in [0.3, 0.4) is 0 Å². The van der Waals surface area contributed by atoms with Gasteiger partial charge in [-0.05, 0) is 11.5 Å². The van der Waals surface area contributed by atoms with Gasteiger partial charge < -0.3 is 5.32 Å². The molecular weight excluding hydrogens is 263 g/mol. The molecule has 1 N–H and O–H groups in total. The molecule has 1 aliphatic heterocycles. The Kier molecular flexibility index (Phi) is 5.78. The molecule has 19 heavy (non-hydrogen) atoms. The monoisotopic (exact) mass is 286 g/mol. The van der Waals surface area contributed by atoms with Gasteiger partial charge in [0.15, 0.2) is 0 Å². The molecule has 1 heterocycles. The van der Waals surface area contributed by atoms with Crippen molar-refractivity contribution in [1.29, 1.82) is 0 Å². The molecule has 1 aromatic rings. The molecule has 0 aromatic heterocycles. The molecule has 0 saturated carbocycles. The van der Waals surface area contributed by atoms with E-state index in [2.05, 4.69) is 31.0 Å². The van der Waals surface area contributed by atoms with Crippen LogP contribution in [0.15, 0.2) is 24.3 Å². The summed E-state index contributed by atoms with van der Waals surface area (Å²) in [6, 6.07) is 7.32. The van der Waals surface area contributed by atoms with E-state index in [4.69, 9.17) is 0 Å². The highest BCUT2D eigenvalue weighted by atomic mass is 35.5. The Labute approximate surface area is 121 Å². The van der Waals surface area contributed by atoms with Gasteiger partial charge in [0.05, 0.1) is 0 Å². The first-order valence-electron chi connectivity index (χ1n) is 6.69. The zero-order valence-electron chi connectivity index (χ0n) is 11.9. The van der Waals surface area contributed by atoms with E-state index in [0.717, 1.165) is 31.7 Å². The number of piperazine rings is 1. The Morgan fingerprint density at radius 3 is 2.26 bits per heavy atom. The number of nitrogens with one attached hydrogen (secondary N) is 1. The van der Waals surface area contributed by atoms with Crippen molar-refractivity contribution in [3.8, 4) is 0 Å². The first-order chi connectivity index (χ1) is 8.50. The summed E-state index contributed by atoms with van der Waals surface area (Å²) >= 11 is 0. The topological polar surface area (TPSA) is 15.3 Å². The van der Waals surface area contributed by atoms with Gasteiger partial charge in [0.2, 0.25) is 0 Å². The fraction of sp³-hybridized carbons (Fsp3) is 0.600. The Bertz CT molecular complexity index is 397. The van der Waals surface area contributed by atoms with E-state index in [1.165, 1.54) is 0 Å². The van der Waals surface area contributed by atoms with Crippen molar-refractivity contribution in [3.05, 3.63) is 35.6 Å². The van der Waals surface area contributed by atoms with Crippen molar-refractivity contribution < 1.29 is 4.39 Å². The summed E-state index contributed by atoms with van der Waals surface area (Å²) < 4.78 is 14.1. The van der Waals surface area contributed by atoms with Crippen LogP contribution in [-0.2, 0) is 0 Å². The number of hydrogen-bond donors (Lipinski definition) is 1. The van der Waals surface area contributed by atoms with E-state index in [-0.39, 0.29) is 29.7 Å². The summed E-state index contributed by atoms with van der Waals surface area (Å²) in [5.41, 5.74) is 0.853. The van der Waals surface area contributed by atoms with Crippen LogP contribution in [0.5, 0.6) is 0 Å². The number of benzene rings is 1. The van der Waals surface area contributed by atoms with Crippen LogP contribution < -0.4 is 5.32 Å². The van der Waals surface area contributed by atoms with Crippen LogP contribution in [-0.4, -0.2) is 31.1 Å². The van der Waals surface area contributed by atoms with Crippen LogP contribution in [0, 0.1) is 11.2 Å². The smallest absolute Gasteiger partial charge is 0.128 e. The molecule has 2 nitrogen and oxygen atoms in total. The summed E-state index contributed by atoms with van der Waals surface area (Å²) in [7, 11) is 0. The van der Waals surface area contributed by atoms with Gasteiger partial charge in [-0.25, -0.2) is 4.39 Å². The molecule has 0 amide bonds. The maximum atomic E-state index is 14.1. The molecule has 0 bridgehead atoms. The highest BCUT2D eigenvalue weighted by Gasteiger charge is 2.33. The van der Waals surface area contributed by atoms with Crippen LogP contribution in [0.25, 0.3) is 0 Å². The third kappa shape index (κ3) is 3.91. The molecule has 108 valence electrons. The summed E-state index contributed by atoms with van der Waals surface area (Å²) in [5, 5.41) is 3.35. The van der Waals surface area contributed by atoms with E-state index in [1.807, 2.05) is 12.1 Å². The lowest BCUT2D eigenvalue weighted by atomic mass is 9.80. The second kappa shape index (κ2) is 6.69. The average Bonchev–Trinajstić information content (AvgIpc) is 2.32. The van der Waals surface area contributed by atoms with Crippen LogP contribution >= 0.6 is 12.4 Å². The van der Waals surface area contributed by atoms with E-state index < -0.39 is 0 Å². The second-order valence-corrected chi connectivity index (χ2v) is 6.08. The minimum Gasteiger partial charge on any atom is -0.314 e. The first-order valence-corrected chi connectivity index (χ1v) is 6.69. The molecule has 1 atom stereocenters. The highest BCUT2D eigenvalue weighted by Crippen LogP contribution is 2.38. The number of halogens is 2. The van der Waals surface area contributed by atoms with Gasteiger partial charge in [-0.1, -0.05) is 39.0 Å². The molecule has 1 fully saturated rings. The van der Waals surface area contributed by atoms with Gasteiger partial charge in [-0.3, -0.25) is 4.90 Å². The quantitative estimate of drug-likeness (QED) is 0.898. The van der Waals surface area contributed by atoms with Crippen LogP contribution in [0.2, 0.25) is 0 Å². The fourth-order valence-electron chi connectivity index (χ4n) is 2.85. The number of rotatable bonds is 2. The van der Waals surface area contributed by atoms with E-state index in [1.54, 1.807) is 12.1 Å². The maximum absolute atomic E-state index is 14.1. The summed E-state index contributed by atoms with van der Waals surface area (Å²) in [6.45, 7) is 10.5. The number of nitrogens with zero attached hydrogens (tertiary/aromatic N) is 1. The molecular formula is C15H24ClFN2. The molecule has 1 aromatic carbocycles. The van der Waals surface area contributed by atoms with Gasteiger partial charge >= 0.3 is 0 Å². The molecule has 0 radical (unpaired) electrons. The van der Waals surface area contributed by atoms with Gasteiger partial charge in [-0.2, -0.15) is 0 Å². The number of hydrogen-bond acceptors (Lipinski definition) is 2. The van der Waals surface area contributed by atoms with Crippen LogP contribution in [0.1, 0.15) is 32.4 Å². The molecule has 2 rings (SSSR count). The Morgan fingerprint density at radius 2 is 1.74 bits per heavy atom. The predicted molar refractivity (Wildman–Crippen MR) is 80.3 cm³/mol. The van der Waals surface area contributed by atoms with E-state index in [0.29, 0.717) is 0 Å². The van der Waals surface area contributed by atoms with Crippen molar-refractivity contribution in [2.24, 2.45) is 5.41 Å². The summed E-state index contributed by atoms with van der Waals surface area (Å²) in [5.74, 6) is -0.0871. The van der Waals surface area contributed by atoms with E-state index in [9.17, 15) is 4.39 Å². The van der Waals surface area contributed by atoms with Gasteiger partial charge in [-0.15, -0.1) is 12.4 Å². The standard InChI is InChI=1S/C15H23FN2.ClH/c1-15(2,3)14(18-10-8-17-9-11-18)12-6-4-5-7-13(12)16;/h4-7,14,17H,8-11H2,1-3H3;1H/t14-;/m1./s1. The lowest BCUT2D eigenvalue weighted by Gasteiger charge is -2.42. The third-order valence-corrected chi connectivity index (χ3v) is 3.54. The fourth-order valence-corrected chi connectivity index (χ4v) is 2.85. The van der Waals surface area contributed by atoms with Gasteiger partial charge in [0.1, 0.15) is 5.82 Å². The van der Waals surface area contributed by atoms with E-state index >= 15 is 0 Å². The van der Waals surface area contributed by atoms with Crippen molar-refractivity contribution >= 4 is 12.4 Å². The second-order valence-electron chi connectivity index (χ2n) is 6.08. The lowest BCUT2D eigenvalue weighted by molar-refractivity contribution is 0.0834. The molecule has 0 spiro atoms. The van der Waals surface area contributed by atoms with Gasteiger partial charge in [0.25, 0.3) is 0 Å². The first kappa shape index (κ1) is 16.4. The third-order valence-electron chi connectivity index (χ3n) is 3.54. The summed E-state index contributed by atoms with van der Waals surface area (Å²) in [4.78, 5) is 2.40. The Balaban J connectivity index is 0.00000180. The highest BCUT2D eigenvalue weighted by molar-refractivity contribution is 5.85. The van der Waals surface area contributed by atoms with Gasteiger partial charge in [0, 0.05) is 37.8 Å². The zero-order valence-corrected chi connectivity index (χ0v) is 12.8. The minimum absolute atomic E-state index is 0. The van der Waals surface area contributed by atoms with Crippen molar-refractivity contribution in [2.45, 2.75) is 26.8 Å². The van der Waals surface area contributed by atoms with Crippen LogP contribution in [0.4, 0.5) is 4.39 Å². The lowest BCUT2D eigenvalue weighted by Crippen LogP contribution is -2.48. The summed E-state index contributed by atoms with van der Waals surface area (Å²) in [6.07, 6.45) is 0. The predicted octanol–water partition coefficient (Wildman–Crippen LogP) is 3.24. The zero-order chi connectivity index (χ0) is 13.2. The molecule has 1 saturated heterocycles. The molecule has 4 heteroatoms. The maximum Gasteiger partial charge on any atom is 0.128 e. The average molecular weight is 287 g/mol. The molecule has 0 unspecified atom stereocenters. The van der Waals surface area contributed by atoms with Crippen molar-refractivity contribution in [3.63, 3.8) is 0 Å². The normalized spacial score (nSPS) is 18.7. The van der Waals surface area contributed by atoms with Crippen molar-refractivity contribution in [2.75, 3.05) is 26.2 Å². The Hall–Kier alpha value is -0.640. The minimum atomic E-state index is -0.0871. The SMILES string of the molecule is CC(C)(C)[C@@H](c1ccccc1F)N1CCNCC1.Cl. The molecule has 0 aliphatic carbocycles. The molecule has 1 aliphatic rings. The van der Waals surface area contributed by atoms with Crippen molar-refractivity contribution in [1.82, 2.24) is 10.2 Å². The Morgan fingerprint density at radius 1 is 1.16 bits per heavy atom.